The number of hydrogen-bond acceptors (Lipinski definition) is 3. The third-order valence-electron chi connectivity index (χ3n) is 5.01. The van der Waals surface area contributed by atoms with E-state index < -0.39 is 11.9 Å². The van der Waals surface area contributed by atoms with E-state index in [1.807, 2.05) is 0 Å². The Balaban J connectivity index is 1.90. The van der Waals surface area contributed by atoms with Gasteiger partial charge in [-0.2, -0.15) is 0 Å². The Morgan fingerprint density at radius 2 is 2.05 bits per heavy atom. The predicted octanol–water partition coefficient (Wildman–Crippen LogP) is 1.70. The topological polar surface area (TPSA) is 78.9 Å². The van der Waals surface area contributed by atoms with Gasteiger partial charge in [0.05, 0.1) is 5.92 Å². The van der Waals surface area contributed by atoms with Gasteiger partial charge in [0.15, 0.2) is 0 Å². The first-order chi connectivity index (χ1) is 9.94. The second-order valence-electron chi connectivity index (χ2n) is 6.49. The van der Waals surface area contributed by atoms with Crippen molar-refractivity contribution in [2.75, 3.05) is 26.8 Å². The number of carboxylic acids is 1. The van der Waals surface area contributed by atoms with Crippen LogP contribution in [0.5, 0.6) is 0 Å². The minimum atomic E-state index is -0.878. The molecule has 0 aromatic rings. The van der Waals surface area contributed by atoms with E-state index in [4.69, 9.17) is 9.84 Å². The van der Waals surface area contributed by atoms with Crippen LogP contribution in [0.3, 0.4) is 0 Å². The van der Waals surface area contributed by atoms with E-state index in [2.05, 4.69) is 5.32 Å². The van der Waals surface area contributed by atoms with Crippen molar-refractivity contribution in [3.63, 3.8) is 0 Å². The quantitative estimate of drug-likeness (QED) is 0.828. The first-order valence-corrected chi connectivity index (χ1v) is 7.77. The highest BCUT2D eigenvalue weighted by atomic mass is 16.5. The van der Waals surface area contributed by atoms with Gasteiger partial charge in [0, 0.05) is 32.8 Å². The van der Waals surface area contributed by atoms with E-state index in [9.17, 15) is 9.59 Å². The fourth-order valence-corrected chi connectivity index (χ4v) is 3.57. The molecule has 2 amide bonds. The lowest BCUT2D eigenvalue weighted by molar-refractivity contribution is -0.141. The zero-order valence-corrected chi connectivity index (χ0v) is 12.9. The van der Waals surface area contributed by atoms with Crippen LogP contribution in [0.2, 0.25) is 0 Å². The lowest BCUT2D eigenvalue weighted by Gasteiger charge is -2.39. The summed E-state index contributed by atoms with van der Waals surface area (Å²) in [4.78, 5) is 24.6. The van der Waals surface area contributed by atoms with Crippen molar-refractivity contribution in [3.8, 4) is 0 Å². The van der Waals surface area contributed by atoms with Crippen molar-refractivity contribution in [3.05, 3.63) is 0 Å². The van der Waals surface area contributed by atoms with E-state index in [0.29, 0.717) is 0 Å². The van der Waals surface area contributed by atoms with Crippen LogP contribution in [0.4, 0.5) is 4.79 Å². The number of nitrogens with zero attached hydrogens (tertiary/aromatic N) is 1. The molecule has 2 N–H and O–H groups in total. The third kappa shape index (κ3) is 3.67. The van der Waals surface area contributed by atoms with Crippen LogP contribution < -0.4 is 5.32 Å². The van der Waals surface area contributed by atoms with Gasteiger partial charge in [-0.05, 0) is 31.1 Å². The summed E-state index contributed by atoms with van der Waals surface area (Å²) in [7, 11) is 1.65. The number of carbonyl (C=O) groups is 2. The lowest BCUT2D eigenvalue weighted by atomic mass is 9.75. The number of urea groups is 1. The van der Waals surface area contributed by atoms with Crippen LogP contribution in [0.15, 0.2) is 0 Å². The van der Waals surface area contributed by atoms with Gasteiger partial charge in [-0.1, -0.05) is 13.3 Å². The molecule has 6 heteroatoms. The summed E-state index contributed by atoms with van der Waals surface area (Å²) in [6.45, 7) is 3.39. The molecule has 1 saturated heterocycles. The van der Waals surface area contributed by atoms with Gasteiger partial charge in [-0.3, -0.25) is 4.79 Å². The largest absolute Gasteiger partial charge is 0.481 e. The Bertz CT molecular complexity index is 393. The molecule has 2 rings (SSSR count). The number of rotatable bonds is 4. The number of ether oxygens (including phenoxy) is 1. The number of hydrogen-bond donors (Lipinski definition) is 2. The molecule has 120 valence electrons. The monoisotopic (exact) mass is 298 g/mol. The molecule has 0 aromatic heterocycles. The summed E-state index contributed by atoms with van der Waals surface area (Å²) in [5, 5.41) is 12.0. The Morgan fingerprint density at radius 3 is 2.67 bits per heavy atom. The van der Waals surface area contributed by atoms with Crippen molar-refractivity contribution in [1.82, 2.24) is 10.2 Å². The van der Waals surface area contributed by atoms with Crippen LogP contribution in [-0.2, 0) is 9.53 Å². The minimum Gasteiger partial charge on any atom is -0.481 e. The molecule has 1 saturated carbocycles. The van der Waals surface area contributed by atoms with Gasteiger partial charge < -0.3 is 20.1 Å². The number of carbonyl (C=O) groups excluding carboxylic acids is 1. The smallest absolute Gasteiger partial charge is 0.317 e. The van der Waals surface area contributed by atoms with Gasteiger partial charge in [-0.25, -0.2) is 4.79 Å². The molecule has 2 fully saturated rings. The fraction of sp³-hybridized carbons (Fsp3) is 0.867. The second kappa shape index (κ2) is 6.64. The summed E-state index contributed by atoms with van der Waals surface area (Å²) in [5.41, 5.74) is 0.188. The van der Waals surface area contributed by atoms with Crippen LogP contribution in [0.1, 0.15) is 39.0 Å². The normalized spacial score (nSPS) is 25.5. The molecule has 2 atom stereocenters. The molecule has 2 unspecified atom stereocenters. The Kier molecular flexibility index (Phi) is 5.08. The molecule has 21 heavy (non-hydrogen) atoms. The number of carboxylic acid groups (broad SMARTS) is 1. The van der Waals surface area contributed by atoms with Crippen LogP contribution in [-0.4, -0.2) is 54.9 Å². The summed E-state index contributed by atoms with van der Waals surface area (Å²) >= 11 is 0. The zero-order chi connectivity index (χ0) is 15.5. The van der Waals surface area contributed by atoms with E-state index in [1.54, 1.807) is 14.0 Å². The van der Waals surface area contributed by atoms with Gasteiger partial charge in [0.2, 0.25) is 0 Å². The van der Waals surface area contributed by atoms with Gasteiger partial charge in [0.1, 0.15) is 0 Å². The van der Waals surface area contributed by atoms with Gasteiger partial charge in [0.25, 0.3) is 0 Å². The molecular weight excluding hydrogens is 272 g/mol. The average molecular weight is 298 g/mol. The van der Waals surface area contributed by atoms with Gasteiger partial charge >= 0.3 is 12.0 Å². The van der Waals surface area contributed by atoms with Crippen LogP contribution in [0, 0.1) is 11.3 Å². The highest BCUT2D eigenvalue weighted by Gasteiger charge is 2.44. The number of amides is 2. The molecule has 1 spiro atoms. The minimum absolute atomic E-state index is 0.166. The van der Waals surface area contributed by atoms with Crippen LogP contribution >= 0.6 is 0 Å². The van der Waals surface area contributed by atoms with Crippen molar-refractivity contribution in [2.45, 2.75) is 45.1 Å². The fourth-order valence-electron chi connectivity index (χ4n) is 3.57. The molecule has 1 aliphatic heterocycles. The predicted molar refractivity (Wildman–Crippen MR) is 78.1 cm³/mol. The van der Waals surface area contributed by atoms with Crippen molar-refractivity contribution in [2.24, 2.45) is 11.3 Å². The Morgan fingerprint density at radius 1 is 1.38 bits per heavy atom. The molecule has 0 radical (unpaired) electrons. The van der Waals surface area contributed by atoms with E-state index >= 15 is 0 Å². The second-order valence-corrected chi connectivity index (χ2v) is 6.49. The molecule has 0 aromatic carbocycles. The van der Waals surface area contributed by atoms with E-state index in [1.165, 1.54) is 4.90 Å². The van der Waals surface area contributed by atoms with Crippen LogP contribution in [0.25, 0.3) is 0 Å². The zero-order valence-electron chi connectivity index (χ0n) is 12.9. The Labute approximate surface area is 125 Å². The maximum Gasteiger partial charge on any atom is 0.317 e. The molecule has 1 aliphatic carbocycles. The van der Waals surface area contributed by atoms with E-state index in [0.717, 1.165) is 45.3 Å². The van der Waals surface area contributed by atoms with E-state index in [-0.39, 0.29) is 24.0 Å². The molecule has 2 aliphatic rings. The summed E-state index contributed by atoms with van der Waals surface area (Å²) in [6, 6.07) is 0.0253. The first-order valence-electron chi connectivity index (χ1n) is 7.77. The molecule has 1 heterocycles. The van der Waals surface area contributed by atoms with Crippen molar-refractivity contribution < 1.29 is 19.4 Å². The van der Waals surface area contributed by atoms with Gasteiger partial charge in [-0.15, -0.1) is 0 Å². The van der Waals surface area contributed by atoms with Crippen molar-refractivity contribution >= 4 is 12.0 Å². The number of aliphatic carboxylic acids is 1. The average Bonchev–Trinajstić information content (AvgIpc) is 2.81. The van der Waals surface area contributed by atoms with Crippen molar-refractivity contribution in [1.29, 1.82) is 0 Å². The summed E-state index contributed by atoms with van der Waals surface area (Å²) in [6.07, 6.45) is 5.31. The summed E-state index contributed by atoms with van der Waals surface area (Å²) < 4.78 is 5.45. The molecule has 6 nitrogen and oxygen atoms in total. The maximum atomic E-state index is 12.3. The highest BCUT2D eigenvalue weighted by molar-refractivity contribution is 5.76. The first kappa shape index (κ1) is 16.1. The summed E-state index contributed by atoms with van der Waals surface area (Å²) in [5.74, 6) is -1.43. The lowest BCUT2D eigenvalue weighted by Crippen LogP contribution is -2.51. The molecular formula is C15H26N2O4. The SMILES string of the molecule is CC(CN(C)C(=O)NC1CCCC12CCOCC2)C(=O)O. The molecule has 0 bridgehead atoms. The maximum absolute atomic E-state index is 12.3. The number of nitrogens with one attached hydrogen (secondary N) is 1. The third-order valence-corrected chi connectivity index (χ3v) is 5.01. The highest BCUT2D eigenvalue weighted by Crippen LogP contribution is 2.45. The standard InChI is InChI=1S/C15H26N2O4/c1-11(13(18)19)10-17(2)14(20)16-12-4-3-5-15(12)6-8-21-9-7-15/h11-12H,3-10H2,1-2H3,(H,16,20)(H,18,19). The Hall–Kier alpha value is -1.30.